The fourth-order valence-corrected chi connectivity index (χ4v) is 2.51. The quantitative estimate of drug-likeness (QED) is 0.318. The molecule has 0 aromatic heterocycles. The number of hydrogen-bond acceptors (Lipinski definition) is 7. The van der Waals surface area contributed by atoms with Gasteiger partial charge in [-0.1, -0.05) is 32.5 Å². The van der Waals surface area contributed by atoms with E-state index in [1.807, 2.05) is 0 Å². The van der Waals surface area contributed by atoms with Gasteiger partial charge in [0.15, 0.2) is 5.12 Å². The maximum absolute atomic E-state index is 12.1. The molecule has 0 aliphatic heterocycles. The van der Waals surface area contributed by atoms with Gasteiger partial charge in [-0.2, -0.15) is 0 Å². The third-order valence-corrected chi connectivity index (χ3v) is 4.43. The summed E-state index contributed by atoms with van der Waals surface area (Å²) in [6.45, 7) is 4.47. The van der Waals surface area contributed by atoms with Crippen molar-refractivity contribution < 1.29 is 34.2 Å². The molecule has 10 nitrogen and oxygen atoms in total. The minimum atomic E-state index is -1.26. The zero-order valence-electron chi connectivity index (χ0n) is 14.9. The molecule has 0 spiro atoms. The van der Waals surface area contributed by atoms with Gasteiger partial charge >= 0.3 is 11.9 Å². The highest BCUT2D eigenvalue weighted by Crippen LogP contribution is 2.23. The van der Waals surface area contributed by atoms with Crippen LogP contribution in [-0.4, -0.2) is 63.5 Å². The molecule has 0 radical (unpaired) electrons. The second-order valence-electron chi connectivity index (χ2n) is 6.56. The molecule has 6 N–H and O–H groups in total. The van der Waals surface area contributed by atoms with Crippen molar-refractivity contribution in [3.63, 3.8) is 0 Å². The summed E-state index contributed by atoms with van der Waals surface area (Å²) in [7, 11) is 0. The Kier molecular flexibility index (Phi) is 9.88. The topological polar surface area (TPSA) is 176 Å². The summed E-state index contributed by atoms with van der Waals surface area (Å²) in [5, 5.41) is 21.6. The first-order valence-corrected chi connectivity index (χ1v) is 8.77. The van der Waals surface area contributed by atoms with Crippen molar-refractivity contribution in [1.82, 2.24) is 10.6 Å². The van der Waals surface area contributed by atoms with Crippen LogP contribution in [0.5, 0.6) is 0 Å². The highest BCUT2D eigenvalue weighted by atomic mass is 32.2. The zero-order chi connectivity index (χ0) is 20.5. The molecule has 0 saturated heterocycles. The molecule has 2 unspecified atom stereocenters. The van der Waals surface area contributed by atoms with E-state index in [-0.39, 0.29) is 23.7 Å². The lowest BCUT2D eigenvalue weighted by Gasteiger charge is -2.20. The van der Waals surface area contributed by atoms with Crippen molar-refractivity contribution >= 4 is 40.6 Å². The highest BCUT2D eigenvalue weighted by molar-refractivity contribution is 8.13. The van der Waals surface area contributed by atoms with E-state index in [0.717, 1.165) is 11.8 Å². The number of thioether (sulfide) groups is 1. The van der Waals surface area contributed by atoms with E-state index in [9.17, 15) is 24.0 Å². The first-order chi connectivity index (χ1) is 11.8. The molecule has 0 aromatic carbocycles. The van der Waals surface area contributed by atoms with Crippen LogP contribution < -0.4 is 16.4 Å². The lowest BCUT2D eigenvalue weighted by molar-refractivity contribution is -0.139. The van der Waals surface area contributed by atoms with Gasteiger partial charge in [-0.05, 0) is 6.42 Å². The largest absolute Gasteiger partial charge is 0.480 e. The maximum atomic E-state index is 12.1. The minimum absolute atomic E-state index is 0.0850. The van der Waals surface area contributed by atoms with Gasteiger partial charge in [-0.25, -0.2) is 0 Å². The first kappa shape index (κ1) is 23.9. The molecule has 11 heteroatoms. The lowest BCUT2D eigenvalue weighted by Crippen LogP contribution is -2.49. The van der Waals surface area contributed by atoms with Crippen molar-refractivity contribution in [3.05, 3.63) is 0 Å². The van der Waals surface area contributed by atoms with Crippen LogP contribution in [-0.2, 0) is 24.0 Å². The van der Waals surface area contributed by atoms with Crippen LogP contribution in [0.25, 0.3) is 0 Å². The monoisotopic (exact) mass is 391 g/mol. The minimum Gasteiger partial charge on any atom is -0.480 e. The Morgan fingerprint density at radius 1 is 1.12 bits per heavy atom. The second kappa shape index (κ2) is 10.8. The Balaban J connectivity index is 4.83. The molecule has 0 fully saturated rings. The molecule has 2 amide bonds. The number of aliphatic carboxylic acids is 2. The van der Waals surface area contributed by atoms with Gasteiger partial charge in [0.25, 0.3) is 0 Å². The van der Waals surface area contributed by atoms with E-state index >= 15 is 0 Å². The Morgan fingerprint density at radius 2 is 1.69 bits per heavy atom. The summed E-state index contributed by atoms with van der Waals surface area (Å²) >= 11 is 0.845. The van der Waals surface area contributed by atoms with E-state index in [1.165, 1.54) is 0 Å². The van der Waals surface area contributed by atoms with Gasteiger partial charge in [0.2, 0.25) is 11.8 Å². The van der Waals surface area contributed by atoms with E-state index in [2.05, 4.69) is 10.6 Å². The normalized spacial score (nSPS) is 13.4. The van der Waals surface area contributed by atoms with E-state index in [4.69, 9.17) is 15.9 Å². The van der Waals surface area contributed by atoms with Gasteiger partial charge in [0, 0.05) is 17.6 Å². The van der Waals surface area contributed by atoms with Crippen LogP contribution in [0.2, 0.25) is 0 Å². The predicted octanol–water partition coefficient (Wildman–Crippen LogP) is -0.830. The van der Waals surface area contributed by atoms with Crippen LogP contribution in [0.15, 0.2) is 0 Å². The maximum Gasteiger partial charge on any atom is 0.322 e. The van der Waals surface area contributed by atoms with Crippen LogP contribution >= 0.6 is 11.8 Å². The zero-order valence-corrected chi connectivity index (χ0v) is 15.7. The standard InChI is InChI=1S/C15H25N3O7S/c1-15(2,3)14(25)26-7-9(12(22)17-6-11(20)21)18-10(19)5-4-8(16)13(23)24/h8-9H,4-7,16H2,1-3H3,(H,17,22)(H,18,19)(H,20,21)(H,23,24). The molecule has 0 heterocycles. The second-order valence-corrected chi connectivity index (χ2v) is 7.56. The average Bonchev–Trinajstić information content (AvgIpc) is 2.52. The fourth-order valence-electron chi connectivity index (χ4n) is 1.52. The van der Waals surface area contributed by atoms with Gasteiger partial charge in [-0.3, -0.25) is 24.0 Å². The number of hydrogen-bond donors (Lipinski definition) is 5. The number of amides is 2. The van der Waals surface area contributed by atoms with Gasteiger partial charge in [0.1, 0.15) is 18.6 Å². The van der Waals surface area contributed by atoms with Crippen molar-refractivity contribution in [2.24, 2.45) is 11.1 Å². The van der Waals surface area contributed by atoms with Crippen molar-refractivity contribution in [2.45, 2.75) is 45.7 Å². The number of rotatable bonds is 10. The van der Waals surface area contributed by atoms with Crippen LogP contribution in [0, 0.1) is 5.41 Å². The van der Waals surface area contributed by atoms with E-state index in [0.29, 0.717) is 0 Å². The molecular formula is C15H25N3O7S. The smallest absolute Gasteiger partial charge is 0.322 e. The molecule has 0 aliphatic rings. The lowest BCUT2D eigenvalue weighted by atomic mass is 10.00. The molecule has 0 aliphatic carbocycles. The summed E-state index contributed by atoms with van der Waals surface area (Å²) in [6, 6.07) is -2.35. The van der Waals surface area contributed by atoms with Crippen molar-refractivity contribution in [3.8, 4) is 0 Å². The third-order valence-electron chi connectivity index (χ3n) is 3.06. The molecule has 26 heavy (non-hydrogen) atoms. The molecular weight excluding hydrogens is 366 g/mol. The Morgan fingerprint density at radius 3 is 2.15 bits per heavy atom. The molecule has 0 saturated carbocycles. The van der Waals surface area contributed by atoms with Gasteiger partial charge in [-0.15, -0.1) is 0 Å². The number of carbonyl (C=O) groups excluding carboxylic acids is 3. The van der Waals surface area contributed by atoms with E-state index in [1.54, 1.807) is 20.8 Å². The Hall–Kier alpha value is -2.14. The Labute approximate surface area is 155 Å². The van der Waals surface area contributed by atoms with Crippen LogP contribution in [0.4, 0.5) is 0 Å². The number of nitrogens with one attached hydrogen (secondary N) is 2. The van der Waals surface area contributed by atoms with E-state index < -0.39 is 47.8 Å². The number of nitrogens with two attached hydrogens (primary N) is 1. The van der Waals surface area contributed by atoms with Gasteiger partial charge in [0.05, 0.1) is 0 Å². The summed E-state index contributed by atoms with van der Waals surface area (Å²) in [4.78, 5) is 57.2. The average molecular weight is 391 g/mol. The van der Waals surface area contributed by atoms with Gasteiger partial charge < -0.3 is 26.6 Å². The van der Waals surface area contributed by atoms with Crippen molar-refractivity contribution in [1.29, 1.82) is 0 Å². The number of carboxylic acid groups (broad SMARTS) is 2. The SMILES string of the molecule is CC(C)(C)C(=O)SCC(NC(=O)CCC(N)C(=O)O)C(=O)NCC(=O)O. The van der Waals surface area contributed by atoms with Crippen LogP contribution in [0.1, 0.15) is 33.6 Å². The summed E-state index contributed by atoms with van der Waals surface area (Å²) in [6.07, 6.45) is -0.354. The summed E-state index contributed by atoms with van der Waals surface area (Å²) in [5.41, 5.74) is 4.66. The fraction of sp³-hybridized carbons (Fsp3) is 0.667. The van der Waals surface area contributed by atoms with Crippen molar-refractivity contribution in [2.75, 3.05) is 12.3 Å². The third kappa shape index (κ3) is 9.99. The molecule has 0 aromatic rings. The number of carboxylic acids is 2. The summed E-state index contributed by atoms with van der Waals surface area (Å²) < 4.78 is 0. The summed E-state index contributed by atoms with van der Waals surface area (Å²) in [5.74, 6) is -3.97. The molecule has 148 valence electrons. The molecule has 0 bridgehead atoms. The van der Waals surface area contributed by atoms with Crippen LogP contribution in [0.3, 0.4) is 0 Å². The molecule has 0 rings (SSSR count). The first-order valence-electron chi connectivity index (χ1n) is 7.79. The highest BCUT2D eigenvalue weighted by Gasteiger charge is 2.27. The molecule has 2 atom stereocenters. The Bertz CT molecular complexity index is 560. The number of carbonyl (C=O) groups is 5. The predicted molar refractivity (Wildman–Crippen MR) is 94.3 cm³/mol.